The Morgan fingerprint density at radius 1 is 1.21 bits per heavy atom. The van der Waals surface area contributed by atoms with E-state index in [9.17, 15) is 19.2 Å². The minimum absolute atomic E-state index is 0.0666. The van der Waals surface area contributed by atoms with E-state index >= 15 is 0 Å². The average molecular weight is 275 g/mol. The number of urea groups is 1. The number of nitrogens with zero attached hydrogens (tertiary/aromatic N) is 1. The lowest BCUT2D eigenvalue weighted by Gasteiger charge is -2.20. The first-order valence-electron chi connectivity index (χ1n) is 5.44. The van der Waals surface area contributed by atoms with Gasteiger partial charge in [-0.15, -0.1) is 0 Å². The van der Waals surface area contributed by atoms with Gasteiger partial charge in [-0.05, 0) is 0 Å². The lowest BCUT2D eigenvalue weighted by Crippen LogP contribution is -2.48. The normalized spacial score (nSPS) is 11.3. The molecule has 0 heterocycles. The van der Waals surface area contributed by atoms with Crippen LogP contribution in [0.25, 0.3) is 0 Å². The molecule has 9 heteroatoms. The highest BCUT2D eigenvalue weighted by atomic mass is 16.4. The van der Waals surface area contributed by atoms with Crippen LogP contribution >= 0.6 is 0 Å². The van der Waals surface area contributed by atoms with Gasteiger partial charge in [0.05, 0.1) is 6.42 Å². The van der Waals surface area contributed by atoms with Crippen LogP contribution in [-0.4, -0.2) is 65.7 Å². The van der Waals surface area contributed by atoms with Crippen LogP contribution in [0.1, 0.15) is 12.8 Å². The van der Waals surface area contributed by atoms with Crippen molar-refractivity contribution in [1.82, 2.24) is 15.5 Å². The minimum Gasteiger partial charge on any atom is -0.481 e. The van der Waals surface area contributed by atoms with Crippen LogP contribution in [0, 0.1) is 0 Å². The molecule has 3 amide bonds. The summed E-state index contributed by atoms with van der Waals surface area (Å²) >= 11 is 0. The van der Waals surface area contributed by atoms with Gasteiger partial charge in [0.1, 0.15) is 6.04 Å². The summed E-state index contributed by atoms with van der Waals surface area (Å²) in [6.07, 6.45) is -0.651. The number of amides is 3. The van der Waals surface area contributed by atoms with Crippen molar-refractivity contribution in [3.05, 3.63) is 0 Å². The van der Waals surface area contributed by atoms with E-state index in [0.29, 0.717) is 0 Å². The zero-order valence-corrected chi connectivity index (χ0v) is 10.7. The molecule has 0 spiro atoms. The Balaban J connectivity index is 4.35. The zero-order valence-electron chi connectivity index (χ0n) is 10.7. The third-order valence-corrected chi connectivity index (χ3v) is 2.27. The van der Waals surface area contributed by atoms with Gasteiger partial charge in [-0.25, -0.2) is 9.59 Å². The summed E-state index contributed by atoms with van der Waals surface area (Å²) in [6.45, 7) is 0.0882. The number of aliphatic carboxylic acids is 2. The van der Waals surface area contributed by atoms with E-state index in [4.69, 9.17) is 10.2 Å². The first-order valence-corrected chi connectivity index (χ1v) is 5.44. The molecule has 0 aromatic carbocycles. The van der Waals surface area contributed by atoms with Gasteiger partial charge >= 0.3 is 18.0 Å². The summed E-state index contributed by atoms with van der Waals surface area (Å²) < 4.78 is 0. The van der Waals surface area contributed by atoms with Gasteiger partial charge in [-0.2, -0.15) is 0 Å². The molecule has 0 bridgehead atoms. The summed E-state index contributed by atoms with van der Waals surface area (Å²) in [4.78, 5) is 44.8. The predicted molar refractivity (Wildman–Crippen MR) is 63.5 cm³/mol. The molecule has 0 fully saturated rings. The molecule has 0 aliphatic carbocycles. The molecule has 0 aliphatic heterocycles. The summed E-state index contributed by atoms with van der Waals surface area (Å²) in [5.41, 5.74) is 0. The van der Waals surface area contributed by atoms with Gasteiger partial charge in [0.15, 0.2) is 0 Å². The maximum atomic E-state index is 11.6. The van der Waals surface area contributed by atoms with E-state index < -0.39 is 30.4 Å². The van der Waals surface area contributed by atoms with Gasteiger partial charge in [0.25, 0.3) is 0 Å². The molecule has 0 saturated heterocycles. The fraction of sp³-hybridized carbons (Fsp3) is 0.600. The van der Waals surface area contributed by atoms with Crippen molar-refractivity contribution in [2.45, 2.75) is 18.9 Å². The highest BCUT2D eigenvalue weighted by molar-refractivity contribution is 5.86. The Kier molecular flexibility index (Phi) is 6.94. The lowest BCUT2D eigenvalue weighted by atomic mass is 10.2. The fourth-order valence-electron chi connectivity index (χ4n) is 1.13. The topological polar surface area (TPSA) is 136 Å². The molecule has 0 saturated carbocycles. The summed E-state index contributed by atoms with van der Waals surface area (Å²) in [6, 6.07) is -2.26. The molecule has 0 aromatic rings. The maximum Gasteiger partial charge on any atom is 0.326 e. The summed E-state index contributed by atoms with van der Waals surface area (Å²) in [7, 11) is 2.83. The van der Waals surface area contributed by atoms with E-state index in [1.165, 1.54) is 14.1 Å². The second kappa shape index (κ2) is 7.90. The number of carboxylic acid groups (broad SMARTS) is 2. The fourth-order valence-corrected chi connectivity index (χ4v) is 1.13. The van der Waals surface area contributed by atoms with Crippen molar-refractivity contribution in [3.63, 3.8) is 0 Å². The van der Waals surface area contributed by atoms with Gasteiger partial charge in [-0.3, -0.25) is 9.59 Å². The van der Waals surface area contributed by atoms with Crippen molar-refractivity contribution in [3.8, 4) is 0 Å². The molecule has 19 heavy (non-hydrogen) atoms. The van der Waals surface area contributed by atoms with Crippen molar-refractivity contribution in [2.75, 3.05) is 20.6 Å². The van der Waals surface area contributed by atoms with Crippen molar-refractivity contribution < 1.29 is 29.4 Å². The maximum absolute atomic E-state index is 11.6. The number of nitrogens with one attached hydrogen (secondary N) is 2. The quantitative estimate of drug-likeness (QED) is 0.455. The molecule has 108 valence electrons. The van der Waals surface area contributed by atoms with Crippen molar-refractivity contribution in [2.24, 2.45) is 0 Å². The number of rotatable bonds is 7. The van der Waals surface area contributed by atoms with Gasteiger partial charge < -0.3 is 25.7 Å². The first kappa shape index (κ1) is 16.7. The van der Waals surface area contributed by atoms with Crippen LogP contribution in [0.4, 0.5) is 4.79 Å². The summed E-state index contributed by atoms with van der Waals surface area (Å²) in [5, 5.41) is 21.7. The molecule has 1 unspecified atom stereocenters. The number of carbonyl (C=O) groups is 4. The average Bonchev–Trinajstić information content (AvgIpc) is 2.33. The molecule has 4 N–H and O–H groups in total. The molecule has 0 aliphatic rings. The van der Waals surface area contributed by atoms with Crippen molar-refractivity contribution in [1.29, 1.82) is 0 Å². The second-order valence-corrected chi connectivity index (χ2v) is 3.78. The van der Waals surface area contributed by atoms with E-state index in [1.54, 1.807) is 0 Å². The molecule has 9 nitrogen and oxygen atoms in total. The number of carboxylic acids is 2. The number of hydrogen-bond acceptors (Lipinski definition) is 4. The third-order valence-electron chi connectivity index (χ3n) is 2.27. The predicted octanol–water partition coefficient (Wildman–Crippen LogP) is -1.31. The lowest BCUT2D eigenvalue weighted by molar-refractivity contribution is -0.145. The number of carbonyl (C=O) groups excluding carboxylic acids is 2. The monoisotopic (exact) mass is 275 g/mol. The van der Waals surface area contributed by atoms with E-state index in [2.05, 4.69) is 10.6 Å². The standard InChI is InChI=1S/C10H17N3O6/c1-11-7(14)3-4-13(2)10(19)12-6(9(17)18)5-8(15)16/h6H,3-5H2,1-2H3,(H,11,14)(H,12,19)(H,15,16)(H,17,18). The number of hydrogen-bond donors (Lipinski definition) is 4. The van der Waals surface area contributed by atoms with Crippen LogP contribution in [0.2, 0.25) is 0 Å². The Labute approximate surface area is 109 Å². The highest BCUT2D eigenvalue weighted by Gasteiger charge is 2.24. The third kappa shape index (κ3) is 6.86. The van der Waals surface area contributed by atoms with Gasteiger partial charge in [-0.1, -0.05) is 0 Å². The van der Waals surface area contributed by atoms with Crippen LogP contribution in [0.5, 0.6) is 0 Å². The first-order chi connectivity index (χ1) is 8.77. The zero-order chi connectivity index (χ0) is 15.0. The molecule has 0 aromatic heterocycles. The van der Waals surface area contributed by atoms with Crippen LogP contribution < -0.4 is 10.6 Å². The van der Waals surface area contributed by atoms with Crippen LogP contribution in [0.3, 0.4) is 0 Å². The van der Waals surface area contributed by atoms with Crippen molar-refractivity contribution >= 4 is 23.9 Å². The van der Waals surface area contributed by atoms with Crippen LogP contribution in [-0.2, 0) is 14.4 Å². The van der Waals surface area contributed by atoms with Gasteiger partial charge in [0, 0.05) is 27.1 Å². The SMILES string of the molecule is CNC(=O)CCN(C)C(=O)NC(CC(=O)O)C(=O)O. The molecule has 0 rings (SSSR count). The molecule has 0 radical (unpaired) electrons. The van der Waals surface area contributed by atoms with Crippen LogP contribution in [0.15, 0.2) is 0 Å². The second-order valence-electron chi connectivity index (χ2n) is 3.78. The smallest absolute Gasteiger partial charge is 0.326 e. The summed E-state index contributed by atoms with van der Waals surface area (Å²) in [5.74, 6) is -3.03. The Morgan fingerprint density at radius 3 is 2.21 bits per heavy atom. The Morgan fingerprint density at radius 2 is 1.79 bits per heavy atom. The highest BCUT2D eigenvalue weighted by Crippen LogP contribution is 1.96. The Bertz CT molecular complexity index is 370. The minimum atomic E-state index is -1.51. The van der Waals surface area contributed by atoms with E-state index in [0.717, 1.165) is 4.90 Å². The van der Waals surface area contributed by atoms with E-state index in [-0.39, 0.29) is 18.9 Å². The van der Waals surface area contributed by atoms with E-state index in [1.807, 2.05) is 0 Å². The molecular formula is C10H17N3O6. The van der Waals surface area contributed by atoms with Gasteiger partial charge in [0.2, 0.25) is 5.91 Å². The largest absolute Gasteiger partial charge is 0.481 e. The molecular weight excluding hydrogens is 258 g/mol. The Hall–Kier alpha value is -2.32. The molecule has 1 atom stereocenters.